The number of nitrogens with zero attached hydrogens (tertiary/aromatic N) is 6. The predicted molar refractivity (Wildman–Crippen MR) is 220 cm³/mol. The van der Waals surface area contributed by atoms with E-state index in [0.29, 0.717) is 50.7 Å². The van der Waals surface area contributed by atoms with Crippen LogP contribution < -0.4 is 25.0 Å². The second-order valence-corrected chi connectivity index (χ2v) is 15.2. The molecule has 0 spiro atoms. The third kappa shape index (κ3) is 9.08. The van der Waals surface area contributed by atoms with Gasteiger partial charge in [-0.2, -0.15) is 5.26 Å². The number of hydrogen-bond acceptors (Lipinski definition) is 8. The van der Waals surface area contributed by atoms with E-state index >= 15 is 0 Å². The highest BCUT2D eigenvalue weighted by Crippen LogP contribution is 2.47. The van der Waals surface area contributed by atoms with E-state index in [4.69, 9.17) is 51.1 Å². The number of nitriles is 1. The number of aromatic amines is 1. The molecule has 0 saturated heterocycles. The van der Waals surface area contributed by atoms with Gasteiger partial charge in [0.15, 0.2) is 17.6 Å². The van der Waals surface area contributed by atoms with Crippen molar-refractivity contribution in [3.63, 3.8) is 0 Å². The number of H-pyrrole nitrogens is 1. The minimum Gasteiger partial charge on any atom is -0.485 e. The molecule has 57 heavy (non-hydrogen) atoms. The number of aromatic nitrogens is 2. The molecule has 0 amide bonds. The van der Waals surface area contributed by atoms with E-state index in [2.05, 4.69) is 40.2 Å². The molecule has 0 aliphatic carbocycles. The number of aliphatic hydroxyl groups excluding tert-OH is 2. The molecule has 0 saturated carbocycles. The van der Waals surface area contributed by atoms with Crippen molar-refractivity contribution in [3.05, 3.63) is 147 Å². The number of ether oxygens (including phenoxy) is 2. The zero-order valence-corrected chi connectivity index (χ0v) is 32.9. The average molecular weight is 805 g/mol. The Bertz CT molecular complexity index is 2370. The standard InChI is InChI=1S/C22H21ClN4O2.C20H18ClN5O2/c1-22(2)21(28)20(17-12-15(24-3)6-9-18(17)29-22)27(13-19-25-10-11-26-19)16-7-4-14(23)5-8-16;1-20(2)18(27)17(15-10-14(23-3)8-9-16(15)28-20)26-19(24-11-22)25-13-6-4-12(21)5-7-13/h4-12,20-21,28H,13H2,1-2H3,(H,25,26);4-10,17-18,27H,1-2H3,(H2,24,25,26)/t20-,21+;17-,18+/m01/s1. The van der Waals surface area contributed by atoms with Gasteiger partial charge in [0.05, 0.1) is 25.7 Å². The number of rotatable bonds is 6. The van der Waals surface area contributed by atoms with E-state index < -0.39 is 35.5 Å². The fraction of sp³-hybridized carbons (Fsp3) is 0.262. The van der Waals surface area contributed by atoms with E-state index in [1.807, 2.05) is 44.3 Å². The van der Waals surface area contributed by atoms with Crippen LogP contribution in [0.15, 0.2) is 102 Å². The van der Waals surface area contributed by atoms with E-state index in [9.17, 15) is 10.2 Å². The maximum atomic E-state index is 11.3. The molecule has 3 heterocycles. The summed E-state index contributed by atoms with van der Waals surface area (Å²) in [6.45, 7) is 22.3. The van der Waals surface area contributed by atoms with Crippen LogP contribution >= 0.6 is 23.2 Å². The first kappa shape index (κ1) is 40.4. The summed E-state index contributed by atoms with van der Waals surface area (Å²) in [6, 6.07) is 23.5. The molecule has 7 rings (SSSR count). The molecule has 0 unspecified atom stereocenters. The molecule has 13 nitrogen and oxygen atoms in total. The van der Waals surface area contributed by atoms with Crippen LogP contribution in [0.1, 0.15) is 56.7 Å². The van der Waals surface area contributed by atoms with Crippen LogP contribution in [0.2, 0.25) is 10.0 Å². The maximum absolute atomic E-state index is 11.3. The Morgan fingerprint density at radius 3 is 2.00 bits per heavy atom. The van der Waals surface area contributed by atoms with Gasteiger partial charge < -0.3 is 34.9 Å². The summed E-state index contributed by atoms with van der Waals surface area (Å²) in [6.07, 6.45) is 3.47. The Kier molecular flexibility index (Phi) is 11.9. The third-order valence-corrected chi connectivity index (χ3v) is 10.1. The number of nitrogens with one attached hydrogen (secondary N) is 3. The van der Waals surface area contributed by atoms with Crippen LogP contribution in [0, 0.1) is 24.6 Å². The molecule has 290 valence electrons. The molecule has 5 N–H and O–H groups in total. The first-order valence-electron chi connectivity index (χ1n) is 17.8. The zero-order valence-electron chi connectivity index (χ0n) is 31.4. The van der Waals surface area contributed by atoms with Crippen LogP contribution in [-0.4, -0.2) is 49.6 Å². The van der Waals surface area contributed by atoms with Crippen molar-refractivity contribution in [2.75, 3.05) is 10.2 Å². The lowest BCUT2D eigenvalue weighted by atomic mass is 9.85. The summed E-state index contributed by atoms with van der Waals surface area (Å²) in [7, 11) is 0. The normalized spacial score (nSPS) is 19.9. The summed E-state index contributed by atoms with van der Waals surface area (Å²) in [4.78, 5) is 21.1. The fourth-order valence-electron chi connectivity index (χ4n) is 6.61. The molecule has 0 bridgehead atoms. The molecule has 4 atom stereocenters. The molecule has 5 aromatic rings. The highest BCUT2D eigenvalue weighted by Gasteiger charge is 2.46. The van der Waals surface area contributed by atoms with E-state index in [1.165, 1.54) is 0 Å². The summed E-state index contributed by atoms with van der Waals surface area (Å²) < 4.78 is 12.0. The summed E-state index contributed by atoms with van der Waals surface area (Å²) in [5, 5.41) is 38.0. The van der Waals surface area contributed by atoms with Crippen molar-refractivity contribution in [2.24, 2.45) is 4.99 Å². The average Bonchev–Trinajstić information content (AvgIpc) is 3.71. The Morgan fingerprint density at radius 1 is 0.877 bits per heavy atom. The Labute approximate surface area is 340 Å². The van der Waals surface area contributed by atoms with Crippen molar-refractivity contribution < 1.29 is 19.7 Å². The van der Waals surface area contributed by atoms with Crippen molar-refractivity contribution in [3.8, 4) is 17.7 Å². The molecule has 2 aliphatic rings. The molecule has 4 aromatic carbocycles. The minimum absolute atomic E-state index is 0.158. The molecule has 15 heteroatoms. The van der Waals surface area contributed by atoms with Crippen LogP contribution in [0.3, 0.4) is 0 Å². The van der Waals surface area contributed by atoms with Gasteiger partial charge >= 0.3 is 0 Å². The van der Waals surface area contributed by atoms with Gasteiger partial charge in [-0.15, -0.1) is 0 Å². The predicted octanol–water partition coefficient (Wildman–Crippen LogP) is 8.90. The van der Waals surface area contributed by atoms with E-state index in [0.717, 1.165) is 17.1 Å². The maximum Gasteiger partial charge on any atom is 0.209 e. The summed E-state index contributed by atoms with van der Waals surface area (Å²) in [5.74, 6) is 2.13. The van der Waals surface area contributed by atoms with Gasteiger partial charge in [-0.3, -0.25) is 5.32 Å². The monoisotopic (exact) mass is 803 g/mol. The number of guanidine groups is 1. The van der Waals surface area contributed by atoms with Gasteiger partial charge in [0.25, 0.3) is 0 Å². The quantitative estimate of drug-likeness (QED) is 0.0372. The first-order valence-corrected chi connectivity index (χ1v) is 18.5. The second kappa shape index (κ2) is 16.8. The van der Waals surface area contributed by atoms with Gasteiger partial charge in [-0.25, -0.2) is 19.7 Å². The molecular weight excluding hydrogens is 765 g/mol. The first-order chi connectivity index (χ1) is 27.2. The molecule has 2 aliphatic heterocycles. The van der Waals surface area contributed by atoms with Crippen LogP contribution in [0.25, 0.3) is 9.69 Å². The Morgan fingerprint density at radius 2 is 1.44 bits per heavy atom. The number of benzene rings is 4. The number of hydrogen-bond donors (Lipinski definition) is 5. The summed E-state index contributed by atoms with van der Waals surface area (Å²) in [5.41, 5.74) is 2.09. The Balaban J connectivity index is 0.000000193. The zero-order chi connectivity index (χ0) is 40.9. The van der Waals surface area contributed by atoms with E-state index in [-0.39, 0.29) is 5.96 Å². The van der Waals surface area contributed by atoms with Crippen molar-refractivity contribution in [1.82, 2.24) is 15.3 Å². The third-order valence-electron chi connectivity index (χ3n) is 9.57. The van der Waals surface area contributed by atoms with Crippen LogP contribution in [0.5, 0.6) is 11.5 Å². The molecular formula is C42H39Cl2N9O4. The minimum atomic E-state index is -0.997. The number of anilines is 2. The number of aliphatic imine (C=N–C) groups is 1. The number of imidazole rings is 1. The lowest BCUT2D eigenvalue weighted by molar-refractivity contribution is -0.0590. The van der Waals surface area contributed by atoms with Gasteiger partial charge in [0.1, 0.15) is 46.8 Å². The smallest absolute Gasteiger partial charge is 0.209 e. The highest BCUT2D eigenvalue weighted by atomic mass is 35.5. The van der Waals surface area contributed by atoms with Gasteiger partial charge in [0, 0.05) is 44.9 Å². The molecule has 1 aromatic heterocycles. The largest absolute Gasteiger partial charge is 0.485 e. The van der Waals surface area contributed by atoms with Crippen molar-refractivity contribution >= 4 is 51.9 Å². The van der Waals surface area contributed by atoms with Gasteiger partial charge in [0.2, 0.25) is 5.96 Å². The Hall–Kier alpha value is -6.27. The van der Waals surface area contributed by atoms with Crippen LogP contribution in [0.4, 0.5) is 22.7 Å². The van der Waals surface area contributed by atoms with E-state index in [1.54, 1.807) is 86.9 Å². The van der Waals surface area contributed by atoms with Gasteiger partial charge in [-0.1, -0.05) is 35.3 Å². The second-order valence-electron chi connectivity index (χ2n) is 14.3. The number of aliphatic hydroxyl groups is 2. The summed E-state index contributed by atoms with van der Waals surface area (Å²) >= 11 is 12.0. The fourth-order valence-corrected chi connectivity index (χ4v) is 6.86. The molecule has 0 fully saturated rings. The lowest BCUT2D eigenvalue weighted by Crippen LogP contribution is -2.53. The van der Waals surface area contributed by atoms with Gasteiger partial charge in [-0.05, 0) is 100 Å². The molecule has 0 radical (unpaired) electrons. The number of halogens is 2. The topological polar surface area (TPSA) is 160 Å². The van der Waals surface area contributed by atoms with Crippen LogP contribution in [-0.2, 0) is 6.54 Å². The SMILES string of the molecule is [C-]#[N+]c1ccc2c(c1)[C@@H](N=C(NC#N)Nc1ccc(Cl)cc1)[C@H](O)C(C)(C)O2.[C-]#[N+]c1ccc2c(c1)[C@H](N(Cc1ncc[nH]1)c1ccc(Cl)cc1)[C@@H](O)C(C)(C)O2. The lowest BCUT2D eigenvalue weighted by Gasteiger charge is -2.47. The highest BCUT2D eigenvalue weighted by molar-refractivity contribution is 6.31. The van der Waals surface area contributed by atoms with Crippen molar-refractivity contribution in [1.29, 1.82) is 5.26 Å². The van der Waals surface area contributed by atoms with Crippen molar-refractivity contribution in [2.45, 2.75) is 69.7 Å². The number of fused-ring (bicyclic) bond motifs is 2.